The van der Waals surface area contributed by atoms with E-state index in [0.29, 0.717) is 0 Å². The maximum absolute atomic E-state index is 2.16. The van der Waals surface area contributed by atoms with Gasteiger partial charge in [0.1, 0.15) is 0 Å². The fraction of sp³-hybridized carbons (Fsp3) is 0.304. The molecule has 0 radical (unpaired) electrons. The topological polar surface area (TPSA) is 0 Å². The molecule has 3 rings (SSSR count). The summed E-state index contributed by atoms with van der Waals surface area (Å²) in [4.78, 5) is 0. The lowest BCUT2D eigenvalue weighted by molar-refractivity contribution is 1.48. The summed E-state index contributed by atoms with van der Waals surface area (Å²) >= 11 is 0. The van der Waals surface area contributed by atoms with Crippen molar-refractivity contribution in [1.29, 1.82) is 0 Å². The molecular weight excluding hydrogens is 276 g/mol. The van der Waals surface area contributed by atoms with Crippen molar-refractivity contribution >= 4 is 10.8 Å². The molecule has 0 saturated heterocycles. The molecule has 0 atom stereocenters. The zero-order valence-electron chi connectivity index (χ0n) is 14.9. The van der Waals surface area contributed by atoms with E-state index in [1.165, 1.54) is 21.9 Å². The molecule has 0 bridgehead atoms. The monoisotopic (exact) mass is 310 g/mol. The van der Waals surface area contributed by atoms with Crippen LogP contribution in [0.2, 0.25) is 0 Å². The first-order valence-corrected chi connectivity index (χ1v) is 8.23. The van der Waals surface area contributed by atoms with Gasteiger partial charge in [0.25, 0.3) is 0 Å². The summed E-state index contributed by atoms with van der Waals surface area (Å²) in [5, 5.41) is 2.68. The second-order valence-corrected chi connectivity index (χ2v) is 4.45. The van der Waals surface area contributed by atoms with E-state index in [-0.39, 0.29) is 7.43 Å². The summed E-state index contributed by atoms with van der Waals surface area (Å²) in [6.07, 6.45) is 0. The van der Waals surface area contributed by atoms with Crippen LogP contribution in [0, 0.1) is 13.8 Å². The van der Waals surface area contributed by atoms with Gasteiger partial charge in [-0.3, -0.25) is 0 Å². The van der Waals surface area contributed by atoms with E-state index in [9.17, 15) is 0 Å². The molecule has 3 aromatic carbocycles. The van der Waals surface area contributed by atoms with Crippen LogP contribution in [0.1, 0.15) is 46.2 Å². The molecular formula is C23H34. The maximum Gasteiger partial charge on any atom is -0.0155 e. The predicted molar refractivity (Wildman–Crippen MR) is 109 cm³/mol. The summed E-state index contributed by atoms with van der Waals surface area (Å²) in [6.45, 7) is 12.2. The van der Waals surface area contributed by atoms with Crippen LogP contribution in [-0.4, -0.2) is 0 Å². The molecule has 0 aliphatic rings. The minimum atomic E-state index is 0. The third-order valence-corrected chi connectivity index (χ3v) is 2.95. The Morgan fingerprint density at radius 1 is 0.522 bits per heavy atom. The number of rotatable bonds is 0. The van der Waals surface area contributed by atoms with Gasteiger partial charge in [0.15, 0.2) is 0 Å². The zero-order valence-corrected chi connectivity index (χ0v) is 14.9. The van der Waals surface area contributed by atoms with Crippen LogP contribution in [0.4, 0.5) is 0 Å². The van der Waals surface area contributed by atoms with Crippen LogP contribution in [0.15, 0.2) is 72.8 Å². The molecule has 3 aromatic rings. The third-order valence-electron chi connectivity index (χ3n) is 2.95. The molecule has 0 aliphatic heterocycles. The highest BCUT2D eigenvalue weighted by Gasteiger charge is 1.92. The highest BCUT2D eigenvalue weighted by molar-refractivity contribution is 5.85. The number of fused-ring (bicyclic) bond motifs is 1. The molecule has 0 N–H and O–H groups in total. The molecule has 23 heavy (non-hydrogen) atoms. The van der Waals surface area contributed by atoms with Crippen LogP contribution in [0.25, 0.3) is 10.8 Å². The standard InChI is InChI=1S/C11H10.C7H8.2C2H6.CH4/c1-9-5-4-7-10-6-2-3-8-11(9)10;1-7-5-3-2-4-6-7;2*1-2;/h2-8H,1H3;2-6H,1H3;2*1-2H3;1H4. The van der Waals surface area contributed by atoms with E-state index in [2.05, 4.69) is 68.4 Å². The van der Waals surface area contributed by atoms with Crippen molar-refractivity contribution in [2.24, 2.45) is 0 Å². The number of aryl methyl sites for hydroxylation is 2. The van der Waals surface area contributed by atoms with Gasteiger partial charge in [-0.15, -0.1) is 0 Å². The molecule has 0 nitrogen and oxygen atoms in total. The van der Waals surface area contributed by atoms with Crippen LogP contribution < -0.4 is 0 Å². The van der Waals surface area contributed by atoms with E-state index in [4.69, 9.17) is 0 Å². The summed E-state index contributed by atoms with van der Waals surface area (Å²) in [5.74, 6) is 0. The second kappa shape index (κ2) is 14.8. The van der Waals surface area contributed by atoms with Gasteiger partial charge in [0.2, 0.25) is 0 Å². The van der Waals surface area contributed by atoms with Crippen molar-refractivity contribution in [2.75, 3.05) is 0 Å². The molecule has 0 saturated carbocycles. The van der Waals surface area contributed by atoms with Crippen molar-refractivity contribution in [3.05, 3.63) is 83.9 Å². The summed E-state index contributed by atoms with van der Waals surface area (Å²) in [5.41, 5.74) is 2.67. The maximum atomic E-state index is 2.16. The molecule has 0 aromatic heterocycles. The predicted octanol–water partition coefficient (Wildman–Crippen LogP) is 7.83. The van der Waals surface area contributed by atoms with E-state index in [1.807, 2.05) is 45.9 Å². The third kappa shape index (κ3) is 8.83. The molecule has 0 spiro atoms. The average Bonchev–Trinajstić information content (AvgIpc) is 2.60. The molecule has 0 heteroatoms. The highest BCUT2D eigenvalue weighted by Crippen LogP contribution is 2.16. The van der Waals surface area contributed by atoms with Gasteiger partial charge in [0.05, 0.1) is 0 Å². The van der Waals surface area contributed by atoms with Crippen molar-refractivity contribution in [1.82, 2.24) is 0 Å². The van der Waals surface area contributed by atoms with Crippen LogP contribution in [0.5, 0.6) is 0 Å². The van der Waals surface area contributed by atoms with Gasteiger partial charge < -0.3 is 0 Å². The van der Waals surface area contributed by atoms with Gasteiger partial charge in [-0.25, -0.2) is 0 Å². The first-order chi connectivity index (χ1) is 10.8. The lowest BCUT2D eigenvalue weighted by atomic mass is 10.1. The summed E-state index contributed by atoms with van der Waals surface area (Å²) in [7, 11) is 0. The normalized spacial score (nSPS) is 8.09. The lowest BCUT2D eigenvalue weighted by Crippen LogP contribution is -1.75. The summed E-state index contributed by atoms with van der Waals surface area (Å²) in [6, 6.07) is 25.1. The lowest BCUT2D eigenvalue weighted by Gasteiger charge is -1.98. The van der Waals surface area contributed by atoms with E-state index < -0.39 is 0 Å². The molecule has 0 unspecified atom stereocenters. The SMILES string of the molecule is C.CC.CC.Cc1cccc2ccccc12.Cc1ccccc1. The Labute approximate surface area is 144 Å². The van der Waals surface area contributed by atoms with Crippen molar-refractivity contribution in [3.8, 4) is 0 Å². The highest BCUT2D eigenvalue weighted by atomic mass is 14.0. The quantitative estimate of drug-likeness (QED) is 0.397. The van der Waals surface area contributed by atoms with E-state index in [1.54, 1.807) is 0 Å². The van der Waals surface area contributed by atoms with Crippen LogP contribution >= 0.6 is 0 Å². The number of hydrogen-bond acceptors (Lipinski definition) is 0. The minimum absolute atomic E-state index is 0. The van der Waals surface area contributed by atoms with E-state index >= 15 is 0 Å². The smallest absolute Gasteiger partial charge is 0.0155 e. The Hall–Kier alpha value is -2.08. The Kier molecular flexibility index (Phi) is 15.0. The zero-order chi connectivity index (χ0) is 16.8. The second-order valence-electron chi connectivity index (χ2n) is 4.45. The molecule has 0 amide bonds. The Balaban J connectivity index is 0. The Morgan fingerprint density at radius 2 is 1.00 bits per heavy atom. The number of hydrogen-bond donors (Lipinski definition) is 0. The van der Waals surface area contributed by atoms with Crippen molar-refractivity contribution < 1.29 is 0 Å². The molecule has 0 heterocycles. The first-order valence-electron chi connectivity index (χ1n) is 8.23. The van der Waals surface area contributed by atoms with Crippen molar-refractivity contribution in [3.63, 3.8) is 0 Å². The minimum Gasteiger partial charge on any atom is -0.0776 e. The van der Waals surface area contributed by atoms with Gasteiger partial charge in [-0.05, 0) is 30.2 Å². The average molecular weight is 311 g/mol. The van der Waals surface area contributed by atoms with Crippen molar-refractivity contribution in [2.45, 2.75) is 49.0 Å². The van der Waals surface area contributed by atoms with Gasteiger partial charge in [-0.1, -0.05) is 113 Å². The van der Waals surface area contributed by atoms with Gasteiger partial charge >= 0.3 is 0 Å². The molecule has 0 aliphatic carbocycles. The summed E-state index contributed by atoms with van der Waals surface area (Å²) < 4.78 is 0. The Bertz CT molecular complexity index is 604. The van der Waals surface area contributed by atoms with Crippen LogP contribution in [-0.2, 0) is 0 Å². The van der Waals surface area contributed by atoms with Gasteiger partial charge in [0, 0.05) is 0 Å². The Morgan fingerprint density at radius 3 is 1.48 bits per heavy atom. The largest absolute Gasteiger partial charge is 0.0776 e. The fourth-order valence-electron chi connectivity index (χ4n) is 1.92. The molecule has 0 fully saturated rings. The first kappa shape index (κ1) is 23.2. The molecule has 126 valence electrons. The van der Waals surface area contributed by atoms with Gasteiger partial charge in [-0.2, -0.15) is 0 Å². The van der Waals surface area contributed by atoms with Crippen LogP contribution in [0.3, 0.4) is 0 Å². The number of benzene rings is 3. The van der Waals surface area contributed by atoms with E-state index in [0.717, 1.165) is 0 Å². The fourth-order valence-corrected chi connectivity index (χ4v) is 1.92.